The Morgan fingerprint density at radius 2 is 1.46 bits per heavy atom. The van der Waals surface area contributed by atoms with Gasteiger partial charge in [0.15, 0.2) is 0 Å². The number of halogens is 1. The van der Waals surface area contributed by atoms with Gasteiger partial charge in [-0.05, 0) is 23.3 Å². The predicted molar refractivity (Wildman–Crippen MR) is 97.3 cm³/mol. The van der Waals surface area contributed by atoms with Crippen LogP contribution in [0, 0.1) is 0 Å². The van der Waals surface area contributed by atoms with Gasteiger partial charge in [0.25, 0.3) is 0 Å². The van der Waals surface area contributed by atoms with E-state index in [-0.39, 0.29) is 24.0 Å². The molecule has 0 unspecified atom stereocenters. The minimum Gasteiger partial charge on any atom is -1.00 e. The Kier molecular flexibility index (Phi) is 7.31. The van der Waals surface area contributed by atoms with Gasteiger partial charge in [0, 0.05) is 12.8 Å². The number of rotatable bonds is 6. The lowest BCUT2D eigenvalue weighted by Gasteiger charge is -2.28. The van der Waals surface area contributed by atoms with E-state index in [2.05, 4.69) is 67.7 Å². The second kappa shape index (κ2) is 9.23. The third kappa shape index (κ3) is 5.64. The largest absolute Gasteiger partial charge is 1.00 e. The van der Waals surface area contributed by atoms with Gasteiger partial charge >= 0.3 is 0 Å². The fourth-order valence-electron chi connectivity index (χ4n) is 3.14. The van der Waals surface area contributed by atoms with Gasteiger partial charge in [-0.2, -0.15) is 0 Å². The van der Waals surface area contributed by atoms with Crippen molar-refractivity contribution < 1.29 is 33.2 Å². The van der Waals surface area contributed by atoms with E-state index in [9.17, 15) is 0 Å². The third-order valence-corrected chi connectivity index (χ3v) is 4.69. The lowest BCUT2D eigenvalue weighted by molar-refractivity contribution is -0.897. The maximum atomic E-state index is 5.91. The summed E-state index contributed by atoms with van der Waals surface area (Å²) in [6.45, 7) is 4.50. The van der Waals surface area contributed by atoms with Crippen LogP contribution in [0.5, 0.6) is 5.75 Å². The Hall–Kier alpha value is -1.33. The molecule has 0 aliphatic carbocycles. The molecule has 0 bridgehead atoms. The second-order valence-corrected chi connectivity index (χ2v) is 6.66. The molecule has 3 heteroatoms. The minimum absolute atomic E-state index is 0. The summed E-state index contributed by atoms with van der Waals surface area (Å²) >= 11 is 0. The highest BCUT2D eigenvalue weighted by atomic mass is 127. The number of quaternary nitrogens is 1. The molecule has 1 aliphatic rings. The Bertz CT molecular complexity index is 631. The highest BCUT2D eigenvalue weighted by Gasteiger charge is 2.26. The van der Waals surface area contributed by atoms with Crippen molar-refractivity contribution in [1.29, 1.82) is 0 Å². The zero-order valence-electron chi connectivity index (χ0n) is 14.3. The third-order valence-electron chi connectivity index (χ3n) is 4.69. The molecule has 128 valence electrons. The molecule has 1 saturated heterocycles. The van der Waals surface area contributed by atoms with Crippen molar-refractivity contribution in [1.82, 2.24) is 0 Å². The van der Waals surface area contributed by atoms with Crippen molar-refractivity contribution in [2.45, 2.75) is 12.8 Å². The van der Waals surface area contributed by atoms with Crippen LogP contribution < -0.4 is 28.7 Å². The lowest BCUT2D eigenvalue weighted by Crippen LogP contribution is -3.00. The molecule has 0 saturated carbocycles. The van der Waals surface area contributed by atoms with Gasteiger partial charge in [-0.25, -0.2) is 0 Å². The molecule has 0 atom stereocenters. The summed E-state index contributed by atoms with van der Waals surface area (Å²) in [5, 5.41) is 0. The van der Waals surface area contributed by atoms with Crippen LogP contribution in [0.1, 0.15) is 24.0 Å². The summed E-state index contributed by atoms with van der Waals surface area (Å²) in [6.07, 6.45) is 6.99. The zero-order valence-corrected chi connectivity index (χ0v) is 16.5. The molecule has 24 heavy (non-hydrogen) atoms. The normalized spacial score (nSPS) is 16.0. The van der Waals surface area contributed by atoms with Crippen LogP contribution >= 0.6 is 0 Å². The molecule has 0 spiro atoms. The van der Waals surface area contributed by atoms with Crippen molar-refractivity contribution in [2.24, 2.45) is 0 Å². The number of likely N-dealkylation sites (N-methyl/N-ethyl adjacent to an activating group) is 1. The van der Waals surface area contributed by atoms with E-state index in [1.807, 2.05) is 6.07 Å². The predicted octanol–water partition coefficient (Wildman–Crippen LogP) is 1.48. The SMILES string of the molecule is C[N+]1(CCOc2ccc(/C=C/c3ccccc3)cc2)CCCC1.[I-]. The highest BCUT2D eigenvalue weighted by Crippen LogP contribution is 2.17. The summed E-state index contributed by atoms with van der Waals surface area (Å²) in [5.41, 5.74) is 2.41. The minimum atomic E-state index is 0. The molecule has 0 radical (unpaired) electrons. The van der Waals surface area contributed by atoms with E-state index in [0.29, 0.717) is 0 Å². The average Bonchev–Trinajstić information content (AvgIpc) is 3.02. The molecule has 1 aliphatic heterocycles. The molecule has 2 nitrogen and oxygen atoms in total. The van der Waals surface area contributed by atoms with E-state index >= 15 is 0 Å². The summed E-state index contributed by atoms with van der Waals surface area (Å²) < 4.78 is 7.08. The Balaban J connectivity index is 0.00000208. The van der Waals surface area contributed by atoms with Gasteiger partial charge in [0.05, 0.1) is 20.1 Å². The molecule has 0 amide bonds. The van der Waals surface area contributed by atoms with E-state index in [4.69, 9.17) is 4.74 Å². The molecule has 3 rings (SSSR count). The van der Waals surface area contributed by atoms with Gasteiger partial charge in [-0.3, -0.25) is 0 Å². The van der Waals surface area contributed by atoms with Crippen LogP contribution in [-0.2, 0) is 0 Å². The van der Waals surface area contributed by atoms with Gasteiger partial charge in [-0.1, -0.05) is 54.6 Å². The molecular weight excluding hydrogens is 409 g/mol. The summed E-state index contributed by atoms with van der Waals surface area (Å²) in [6, 6.07) is 18.7. The van der Waals surface area contributed by atoms with Crippen LogP contribution in [-0.4, -0.2) is 37.8 Å². The van der Waals surface area contributed by atoms with Crippen LogP contribution in [0.3, 0.4) is 0 Å². The number of hydrogen-bond donors (Lipinski definition) is 0. The fraction of sp³-hybridized carbons (Fsp3) is 0.333. The van der Waals surface area contributed by atoms with Crippen molar-refractivity contribution in [3.63, 3.8) is 0 Å². The van der Waals surface area contributed by atoms with Gasteiger partial charge < -0.3 is 33.2 Å². The Morgan fingerprint density at radius 1 is 0.875 bits per heavy atom. The van der Waals surface area contributed by atoms with E-state index in [1.165, 1.54) is 37.1 Å². The first kappa shape index (κ1) is 19.0. The molecule has 1 fully saturated rings. The molecule has 0 N–H and O–H groups in total. The molecule has 1 heterocycles. The van der Waals surface area contributed by atoms with E-state index in [0.717, 1.165) is 23.4 Å². The fourth-order valence-corrected chi connectivity index (χ4v) is 3.14. The van der Waals surface area contributed by atoms with Crippen LogP contribution in [0.2, 0.25) is 0 Å². The summed E-state index contributed by atoms with van der Waals surface area (Å²) in [4.78, 5) is 0. The first-order valence-electron chi connectivity index (χ1n) is 8.53. The lowest BCUT2D eigenvalue weighted by atomic mass is 10.1. The summed E-state index contributed by atoms with van der Waals surface area (Å²) in [7, 11) is 2.34. The van der Waals surface area contributed by atoms with Crippen molar-refractivity contribution >= 4 is 12.2 Å². The van der Waals surface area contributed by atoms with Gasteiger partial charge in [0.1, 0.15) is 18.9 Å². The van der Waals surface area contributed by atoms with Crippen LogP contribution in [0.25, 0.3) is 12.2 Å². The number of ether oxygens (including phenoxy) is 1. The zero-order chi connectivity index (χ0) is 16.0. The Labute approximate surface area is 162 Å². The van der Waals surface area contributed by atoms with Crippen LogP contribution in [0.4, 0.5) is 0 Å². The topological polar surface area (TPSA) is 9.23 Å². The first-order chi connectivity index (χ1) is 11.2. The van der Waals surface area contributed by atoms with Crippen molar-refractivity contribution in [2.75, 3.05) is 33.3 Å². The highest BCUT2D eigenvalue weighted by molar-refractivity contribution is 5.69. The number of benzene rings is 2. The average molecular weight is 435 g/mol. The molecule has 0 aromatic heterocycles. The Morgan fingerprint density at radius 3 is 2.08 bits per heavy atom. The molecular formula is C21H26INO. The first-order valence-corrected chi connectivity index (χ1v) is 8.53. The quantitative estimate of drug-likeness (QED) is 0.380. The van der Waals surface area contributed by atoms with Crippen LogP contribution in [0.15, 0.2) is 54.6 Å². The second-order valence-electron chi connectivity index (χ2n) is 6.66. The van der Waals surface area contributed by atoms with E-state index in [1.54, 1.807) is 0 Å². The van der Waals surface area contributed by atoms with Gasteiger partial charge in [0.2, 0.25) is 0 Å². The van der Waals surface area contributed by atoms with Crippen molar-refractivity contribution in [3.8, 4) is 5.75 Å². The molecule has 2 aromatic rings. The standard InChI is InChI=1S/C21H26NO.HI/c1-22(15-5-6-16-22)17-18-23-21-13-11-20(12-14-21)10-9-19-7-3-2-4-8-19;/h2-4,7-14H,5-6,15-18H2,1H3;1H/q+1;/p-1/b10-9+;. The maximum absolute atomic E-state index is 5.91. The maximum Gasteiger partial charge on any atom is 0.137 e. The van der Waals surface area contributed by atoms with E-state index < -0.39 is 0 Å². The van der Waals surface area contributed by atoms with Crippen molar-refractivity contribution in [3.05, 3.63) is 65.7 Å². The van der Waals surface area contributed by atoms with Gasteiger partial charge in [-0.15, -0.1) is 0 Å². The summed E-state index contributed by atoms with van der Waals surface area (Å²) in [5.74, 6) is 0.965. The molecule has 2 aromatic carbocycles. The number of likely N-dealkylation sites (tertiary alicyclic amines) is 1. The number of nitrogens with zero attached hydrogens (tertiary/aromatic N) is 1. The number of hydrogen-bond acceptors (Lipinski definition) is 1. The monoisotopic (exact) mass is 435 g/mol. The smallest absolute Gasteiger partial charge is 0.137 e.